The van der Waals surface area contributed by atoms with Crippen LogP contribution in [0.15, 0.2) is 79.1 Å². The second kappa shape index (κ2) is 11.5. The molecule has 1 aliphatic rings. The Balaban J connectivity index is 1.24. The first-order chi connectivity index (χ1) is 20.0. The van der Waals surface area contributed by atoms with Crippen LogP contribution in [0.25, 0.3) is 11.0 Å². The number of benzene rings is 2. The summed E-state index contributed by atoms with van der Waals surface area (Å²) in [5.74, 6) is 0.734. The molecule has 0 radical (unpaired) electrons. The molecule has 0 saturated heterocycles. The molecule has 0 bridgehead atoms. The fourth-order valence-corrected chi connectivity index (χ4v) is 5.95. The molecule has 0 fully saturated rings. The number of nitrogens with one attached hydrogen (secondary N) is 2. The zero-order chi connectivity index (χ0) is 28.3. The summed E-state index contributed by atoms with van der Waals surface area (Å²) >= 11 is 0. The fourth-order valence-electron chi connectivity index (χ4n) is 5.95. The van der Waals surface area contributed by atoms with E-state index in [1.807, 2.05) is 49.5 Å². The van der Waals surface area contributed by atoms with Gasteiger partial charge in [0, 0.05) is 37.0 Å². The average Bonchev–Trinajstić information content (AvgIpc) is 3.40. The van der Waals surface area contributed by atoms with E-state index < -0.39 is 0 Å². The number of aromatic nitrogens is 4. The molecular formula is C33H35N6O2+. The first-order valence-electron chi connectivity index (χ1n) is 14.1. The second-order valence-electron chi connectivity index (χ2n) is 10.9. The van der Waals surface area contributed by atoms with Gasteiger partial charge in [-0.05, 0) is 66.6 Å². The van der Waals surface area contributed by atoms with E-state index in [9.17, 15) is 10.0 Å². The van der Waals surface area contributed by atoms with Crippen LogP contribution in [0.4, 0.5) is 0 Å². The summed E-state index contributed by atoms with van der Waals surface area (Å²) in [5, 5.41) is 13.0. The van der Waals surface area contributed by atoms with Crippen LogP contribution in [0, 0.1) is 13.8 Å². The minimum atomic E-state index is -0.204. The lowest BCUT2D eigenvalue weighted by atomic mass is 9.90. The van der Waals surface area contributed by atoms with Gasteiger partial charge in [0.15, 0.2) is 0 Å². The first-order valence-corrected chi connectivity index (χ1v) is 14.1. The number of aryl methyl sites for hydroxylation is 2. The van der Waals surface area contributed by atoms with Crippen molar-refractivity contribution in [3.8, 4) is 0 Å². The van der Waals surface area contributed by atoms with Crippen LogP contribution < -0.4 is 10.0 Å². The van der Waals surface area contributed by atoms with Crippen molar-refractivity contribution < 1.29 is 14.7 Å². The van der Waals surface area contributed by atoms with Crippen molar-refractivity contribution in [1.82, 2.24) is 25.2 Å². The molecule has 8 nitrogen and oxygen atoms in total. The van der Waals surface area contributed by atoms with Gasteiger partial charge >= 0.3 is 0 Å². The normalized spacial score (nSPS) is 14.8. The van der Waals surface area contributed by atoms with Crippen molar-refractivity contribution >= 4 is 16.9 Å². The molecule has 1 amide bonds. The van der Waals surface area contributed by atoms with Crippen LogP contribution in [0.2, 0.25) is 0 Å². The zero-order valence-electron chi connectivity index (χ0n) is 23.5. The number of imidazole rings is 1. The van der Waals surface area contributed by atoms with E-state index in [1.54, 1.807) is 19.2 Å². The molecule has 1 atom stereocenters. The minimum absolute atomic E-state index is 0.186. The Labute approximate surface area is 239 Å². The summed E-state index contributed by atoms with van der Waals surface area (Å²) in [4.78, 5) is 28.7. The molecule has 6 rings (SSSR count). The lowest BCUT2D eigenvalue weighted by Gasteiger charge is -2.34. The molecule has 3 aromatic heterocycles. The van der Waals surface area contributed by atoms with E-state index in [4.69, 9.17) is 9.97 Å². The Kier molecular flexibility index (Phi) is 7.48. The third-order valence-corrected chi connectivity index (χ3v) is 8.02. The largest absolute Gasteiger partial charge is 0.348 e. The van der Waals surface area contributed by atoms with Crippen molar-refractivity contribution in [3.05, 3.63) is 124 Å². The number of pyridine rings is 2. The number of nitrogens with zero attached hydrogens (tertiary/aromatic N) is 4. The summed E-state index contributed by atoms with van der Waals surface area (Å²) < 4.78 is 0.984. The van der Waals surface area contributed by atoms with Crippen molar-refractivity contribution in [2.75, 3.05) is 0 Å². The predicted molar refractivity (Wildman–Crippen MR) is 156 cm³/mol. The molecule has 5 aromatic rings. The number of aromatic amines is 1. The fraction of sp³-hybridized carbons (Fsp3) is 0.273. The maximum absolute atomic E-state index is 13.0. The number of carbonyl (C=O) groups is 1. The van der Waals surface area contributed by atoms with Crippen molar-refractivity contribution in [2.24, 2.45) is 0 Å². The molecule has 3 heterocycles. The Hall–Kier alpha value is -4.56. The smallest absolute Gasteiger partial charge is 0.258 e. The highest BCUT2D eigenvalue weighted by Gasteiger charge is 2.28. The number of hydrogen-bond donors (Lipinski definition) is 3. The Bertz CT molecular complexity index is 1680. The van der Waals surface area contributed by atoms with Gasteiger partial charge in [-0.1, -0.05) is 42.5 Å². The van der Waals surface area contributed by atoms with E-state index in [-0.39, 0.29) is 11.9 Å². The van der Waals surface area contributed by atoms with E-state index in [2.05, 4.69) is 39.5 Å². The Morgan fingerprint density at radius 3 is 2.80 bits per heavy atom. The standard InChI is InChI=1S/C33H34N6O2/c1-22-15-17-39(41)23(2)31(22)33(40)35-19-24-8-5-9-25(18-24)20-38(21-30-36-27-12-3-4-13-28(27)37-30)29-14-6-10-26-11-7-16-34-32(26)29/h3-5,7-9,11-13,15-18,29H,6,10,14,19-21H2,1-2H3,(H2-,35,36,37,40,41)/p+1. The van der Waals surface area contributed by atoms with Crippen LogP contribution in [0.5, 0.6) is 0 Å². The van der Waals surface area contributed by atoms with E-state index in [0.717, 1.165) is 69.8 Å². The summed E-state index contributed by atoms with van der Waals surface area (Å²) in [6.45, 7) is 5.39. The third kappa shape index (κ3) is 5.69. The van der Waals surface area contributed by atoms with Crippen LogP contribution >= 0.6 is 0 Å². The molecule has 41 heavy (non-hydrogen) atoms. The third-order valence-electron chi connectivity index (χ3n) is 8.02. The molecule has 0 saturated carbocycles. The van der Waals surface area contributed by atoms with Crippen LogP contribution in [-0.2, 0) is 26.1 Å². The van der Waals surface area contributed by atoms with Crippen LogP contribution in [0.1, 0.15) is 68.7 Å². The highest BCUT2D eigenvalue weighted by atomic mass is 16.5. The van der Waals surface area contributed by atoms with Gasteiger partial charge in [0.1, 0.15) is 11.4 Å². The first kappa shape index (κ1) is 26.7. The summed E-state index contributed by atoms with van der Waals surface area (Å²) in [5.41, 5.74) is 8.50. The average molecular weight is 548 g/mol. The highest BCUT2D eigenvalue weighted by Crippen LogP contribution is 2.34. The minimum Gasteiger partial charge on any atom is -0.348 e. The topological polar surface area (TPSA) is 98.0 Å². The number of amides is 1. The molecule has 1 aliphatic carbocycles. The van der Waals surface area contributed by atoms with E-state index in [0.29, 0.717) is 24.3 Å². The predicted octanol–water partition coefficient (Wildman–Crippen LogP) is 5.11. The Morgan fingerprint density at radius 2 is 1.93 bits per heavy atom. The van der Waals surface area contributed by atoms with Gasteiger partial charge in [-0.15, -0.1) is 0 Å². The zero-order valence-corrected chi connectivity index (χ0v) is 23.5. The molecule has 1 unspecified atom stereocenters. The second-order valence-corrected chi connectivity index (χ2v) is 10.9. The van der Waals surface area contributed by atoms with E-state index >= 15 is 0 Å². The molecule has 208 valence electrons. The van der Waals surface area contributed by atoms with Crippen molar-refractivity contribution in [2.45, 2.75) is 58.8 Å². The highest BCUT2D eigenvalue weighted by molar-refractivity contribution is 5.96. The number of carbonyl (C=O) groups excluding carboxylic acids is 1. The van der Waals surface area contributed by atoms with Gasteiger partial charge in [0.05, 0.1) is 29.3 Å². The number of rotatable bonds is 8. The van der Waals surface area contributed by atoms with Crippen molar-refractivity contribution in [3.63, 3.8) is 0 Å². The molecule has 2 aromatic carbocycles. The SMILES string of the molecule is Cc1cc[n+](O)c(C)c1C(=O)NCc1cccc(CN(Cc2nc3ccccc3[nH]2)C2CCCc3cccnc32)c1. The monoisotopic (exact) mass is 547 g/mol. The van der Waals surface area contributed by atoms with Gasteiger partial charge in [0.25, 0.3) is 5.91 Å². The molecule has 8 heteroatoms. The van der Waals surface area contributed by atoms with Crippen molar-refractivity contribution in [1.29, 1.82) is 0 Å². The molecular weight excluding hydrogens is 512 g/mol. The lowest BCUT2D eigenvalue weighted by molar-refractivity contribution is -0.908. The summed E-state index contributed by atoms with van der Waals surface area (Å²) in [6.07, 6.45) is 6.67. The number of hydrogen-bond acceptors (Lipinski definition) is 5. The molecule has 0 spiro atoms. The van der Waals surface area contributed by atoms with Gasteiger partial charge in [-0.25, -0.2) is 4.98 Å². The summed E-state index contributed by atoms with van der Waals surface area (Å²) in [6, 6.07) is 22.6. The molecule has 3 N–H and O–H groups in total. The van der Waals surface area contributed by atoms with Gasteiger partial charge in [-0.3, -0.25) is 19.9 Å². The van der Waals surface area contributed by atoms with Crippen LogP contribution in [0.3, 0.4) is 0 Å². The van der Waals surface area contributed by atoms with Crippen LogP contribution in [-0.4, -0.2) is 31.0 Å². The summed E-state index contributed by atoms with van der Waals surface area (Å²) in [7, 11) is 0. The quantitative estimate of drug-likeness (QED) is 0.185. The van der Waals surface area contributed by atoms with E-state index in [1.165, 1.54) is 5.56 Å². The van der Waals surface area contributed by atoms with Gasteiger partial charge in [0.2, 0.25) is 11.9 Å². The Morgan fingerprint density at radius 1 is 1.07 bits per heavy atom. The maximum atomic E-state index is 13.0. The van der Waals surface area contributed by atoms with Gasteiger partial charge < -0.3 is 10.3 Å². The number of para-hydroxylation sites is 2. The number of H-pyrrole nitrogens is 1. The maximum Gasteiger partial charge on any atom is 0.258 e. The molecule has 0 aliphatic heterocycles. The van der Waals surface area contributed by atoms with Gasteiger partial charge in [-0.2, -0.15) is 0 Å². The number of fused-ring (bicyclic) bond motifs is 2. The lowest BCUT2D eigenvalue weighted by Crippen LogP contribution is -2.37.